The first-order valence-corrected chi connectivity index (χ1v) is 10.3. The number of hydrogen-bond acceptors (Lipinski definition) is 5. The second-order valence-electron chi connectivity index (χ2n) is 7.35. The zero-order chi connectivity index (χ0) is 18.9. The number of hydrogen-bond donors (Lipinski definition) is 1. The summed E-state index contributed by atoms with van der Waals surface area (Å²) in [6, 6.07) is 0. The van der Waals surface area contributed by atoms with E-state index in [0.717, 1.165) is 84.0 Å². The van der Waals surface area contributed by atoms with Crippen molar-refractivity contribution in [1.29, 1.82) is 0 Å². The fraction of sp³-hybridized carbons (Fsp3) is 0.895. The Morgan fingerprint density at radius 3 is 2.52 bits per heavy atom. The van der Waals surface area contributed by atoms with Crippen molar-refractivity contribution < 1.29 is 19.0 Å². The van der Waals surface area contributed by atoms with E-state index in [0.29, 0.717) is 19.3 Å². The Labute approximate surface area is 162 Å². The summed E-state index contributed by atoms with van der Waals surface area (Å²) in [5, 5.41) is 3.40. The molecule has 1 N–H and O–H groups in total. The molecule has 0 aromatic rings. The lowest BCUT2D eigenvalue weighted by atomic mass is 10.2. The Morgan fingerprint density at radius 2 is 1.85 bits per heavy atom. The molecule has 3 rings (SSSR count). The van der Waals surface area contributed by atoms with Gasteiger partial charge in [-0.05, 0) is 32.1 Å². The smallest absolute Gasteiger partial charge is 0.251 e. The van der Waals surface area contributed by atoms with Crippen LogP contribution in [0.4, 0.5) is 0 Å². The molecule has 0 bridgehead atoms. The predicted molar refractivity (Wildman–Crippen MR) is 103 cm³/mol. The molecule has 0 aromatic heterocycles. The SMILES string of the molecule is CN=C(NCCCOCC1CCCO1)N1CCN(C(=O)C2CCCO2)CC1. The standard InChI is InChI=1S/C19H34N4O4/c1-20-19(21-7-4-12-25-15-16-5-2-13-26-16)23-10-8-22(9-11-23)18(24)17-6-3-14-27-17/h16-17H,2-15H2,1H3,(H,20,21). The third-order valence-corrected chi connectivity index (χ3v) is 5.38. The summed E-state index contributed by atoms with van der Waals surface area (Å²) in [7, 11) is 1.81. The van der Waals surface area contributed by atoms with Gasteiger partial charge in [-0.25, -0.2) is 0 Å². The molecule has 2 unspecified atom stereocenters. The van der Waals surface area contributed by atoms with Crippen molar-refractivity contribution in [3.05, 3.63) is 0 Å². The largest absolute Gasteiger partial charge is 0.379 e. The van der Waals surface area contributed by atoms with Crippen LogP contribution in [0.5, 0.6) is 0 Å². The number of aliphatic imine (C=N–C) groups is 1. The molecule has 3 heterocycles. The second-order valence-corrected chi connectivity index (χ2v) is 7.35. The fourth-order valence-corrected chi connectivity index (χ4v) is 3.81. The quantitative estimate of drug-likeness (QED) is 0.392. The summed E-state index contributed by atoms with van der Waals surface area (Å²) < 4.78 is 16.8. The van der Waals surface area contributed by atoms with Crippen LogP contribution >= 0.6 is 0 Å². The molecule has 3 saturated heterocycles. The maximum atomic E-state index is 12.4. The molecular formula is C19H34N4O4. The summed E-state index contributed by atoms with van der Waals surface area (Å²) in [5.41, 5.74) is 0. The zero-order valence-corrected chi connectivity index (χ0v) is 16.5. The predicted octanol–water partition coefficient (Wildman–Crippen LogP) is 0.471. The van der Waals surface area contributed by atoms with Crippen LogP contribution in [-0.4, -0.2) is 100 Å². The van der Waals surface area contributed by atoms with Gasteiger partial charge in [-0.2, -0.15) is 0 Å². The third-order valence-electron chi connectivity index (χ3n) is 5.38. The van der Waals surface area contributed by atoms with Gasteiger partial charge in [0.05, 0.1) is 12.7 Å². The van der Waals surface area contributed by atoms with Gasteiger partial charge in [0.1, 0.15) is 6.10 Å². The number of carbonyl (C=O) groups excluding carboxylic acids is 1. The number of nitrogens with one attached hydrogen (secondary N) is 1. The van der Waals surface area contributed by atoms with E-state index in [-0.39, 0.29) is 12.0 Å². The van der Waals surface area contributed by atoms with Gasteiger partial charge in [0.25, 0.3) is 5.91 Å². The van der Waals surface area contributed by atoms with Crippen molar-refractivity contribution in [3.8, 4) is 0 Å². The normalized spacial score (nSPS) is 26.6. The van der Waals surface area contributed by atoms with Gasteiger partial charge >= 0.3 is 0 Å². The first-order chi connectivity index (χ1) is 13.3. The van der Waals surface area contributed by atoms with Crippen molar-refractivity contribution in [3.63, 3.8) is 0 Å². The number of nitrogens with zero attached hydrogens (tertiary/aromatic N) is 3. The molecule has 27 heavy (non-hydrogen) atoms. The van der Waals surface area contributed by atoms with E-state index in [4.69, 9.17) is 14.2 Å². The van der Waals surface area contributed by atoms with E-state index in [9.17, 15) is 4.79 Å². The Morgan fingerprint density at radius 1 is 1.11 bits per heavy atom. The molecule has 3 aliphatic rings. The number of rotatable bonds is 7. The molecule has 3 fully saturated rings. The van der Waals surface area contributed by atoms with Gasteiger partial charge in [-0.15, -0.1) is 0 Å². The lowest BCUT2D eigenvalue weighted by molar-refractivity contribution is -0.142. The highest BCUT2D eigenvalue weighted by molar-refractivity contribution is 5.82. The van der Waals surface area contributed by atoms with Crippen LogP contribution in [0, 0.1) is 0 Å². The van der Waals surface area contributed by atoms with Gasteiger partial charge < -0.3 is 29.3 Å². The van der Waals surface area contributed by atoms with Crippen LogP contribution in [0.15, 0.2) is 4.99 Å². The first kappa shape index (κ1) is 20.4. The van der Waals surface area contributed by atoms with Gasteiger partial charge in [0.2, 0.25) is 0 Å². The topological polar surface area (TPSA) is 75.6 Å². The minimum Gasteiger partial charge on any atom is -0.379 e. The number of carbonyl (C=O) groups is 1. The van der Waals surface area contributed by atoms with E-state index in [1.165, 1.54) is 0 Å². The minimum absolute atomic E-state index is 0.151. The van der Waals surface area contributed by atoms with Crippen molar-refractivity contribution >= 4 is 11.9 Å². The molecule has 8 nitrogen and oxygen atoms in total. The van der Waals surface area contributed by atoms with Crippen LogP contribution in [-0.2, 0) is 19.0 Å². The zero-order valence-electron chi connectivity index (χ0n) is 16.5. The Bertz CT molecular complexity index is 482. The lowest BCUT2D eigenvalue weighted by Crippen LogP contribution is -2.55. The van der Waals surface area contributed by atoms with Crippen molar-refractivity contribution in [1.82, 2.24) is 15.1 Å². The summed E-state index contributed by atoms with van der Waals surface area (Å²) >= 11 is 0. The van der Waals surface area contributed by atoms with Crippen molar-refractivity contribution in [2.24, 2.45) is 4.99 Å². The molecule has 8 heteroatoms. The van der Waals surface area contributed by atoms with E-state index >= 15 is 0 Å². The summed E-state index contributed by atoms with van der Waals surface area (Å²) in [5.74, 6) is 1.05. The average Bonchev–Trinajstić information content (AvgIpc) is 3.41. The lowest BCUT2D eigenvalue weighted by Gasteiger charge is -2.37. The Hall–Kier alpha value is -1.38. The number of amides is 1. The molecule has 0 aliphatic carbocycles. The summed E-state index contributed by atoms with van der Waals surface area (Å²) in [6.07, 6.45) is 5.12. The first-order valence-electron chi connectivity index (χ1n) is 10.3. The molecule has 0 spiro atoms. The van der Waals surface area contributed by atoms with E-state index in [2.05, 4.69) is 15.2 Å². The molecule has 154 valence electrons. The fourth-order valence-electron chi connectivity index (χ4n) is 3.81. The van der Waals surface area contributed by atoms with Crippen LogP contribution in [0.3, 0.4) is 0 Å². The third kappa shape index (κ3) is 6.05. The Balaban J connectivity index is 1.28. The molecule has 2 atom stereocenters. The summed E-state index contributed by atoms with van der Waals surface area (Å²) in [6.45, 7) is 6.90. The monoisotopic (exact) mass is 382 g/mol. The highest BCUT2D eigenvalue weighted by Gasteiger charge is 2.30. The van der Waals surface area contributed by atoms with E-state index in [1.807, 2.05) is 4.90 Å². The van der Waals surface area contributed by atoms with Crippen LogP contribution in [0.2, 0.25) is 0 Å². The average molecular weight is 383 g/mol. The van der Waals surface area contributed by atoms with Gasteiger partial charge in [-0.1, -0.05) is 0 Å². The molecular weight excluding hydrogens is 348 g/mol. The number of piperazine rings is 1. The second kappa shape index (κ2) is 10.8. The highest BCUT2D eigenvalue weighted by atomic mass is 16.5. The van der Waals surface area contributed by atoms with Crippen LogP contribution in [0.25, 0.3) is 0 Å². The number of ether oxygens (including phenoxy) is 3. The van der Waals surface area contributed by atoms with Crippen molar-refractivity contribution in [2.75, 3.05) is 66.2 Å². The van der Waals surface area contributed by atoms with Crippen LogP contribution in [0.1, 0.15) is 32.1 Å². The molecule has 3 aliphatic heterocycles. The molecule has 0 saturated carbocycles. The van der Waals surface area contributed by atoms with E-state index < -0.39 is 0 Å². The van der Waals surface area contributed by atoms with Gasteiger partial charge in [0, 0.05) is 59.6 Å². The molecule has 1 amide bonds. The summed E-state index contributed by atoms with van der Waals surface area (Å²) in [4.78, 5) is 21.0. The Kier molecular flexibility index (Phi) is 8.16. The minimum atomic E-state index is -0.219. The van der Waals surface area contributed by atoms with Crippen LogP contribution < -0.4 is 5.32 Å². The molecule has 0 aromatic carbocycles. The maximum Gasteiger partial charge on any atom is 0.251 e. The van der Waals surface area contributed by atoms with Gasteiger partial charge in [0.15, 0.2) is 5.96 Å². The maximum absolute atomic E-state index is 12.4. The van der Waals surface area contributed by atoms with E-state index in [1.54, 1.807) is 7.05 Å². The number of guanidine groups is 1. The highest BCUT2D eigenvalue weighted by Crippen LogP contribution is 2.16. The van der Waals surface area contributed by atoms with Crippen molar-refractivity contribution in [2.45, 2.75) is 44.3 Å². The van der Waals surface area contributed by atoms with Gasteiger partial charge in [-0.3, -0.25) is 9.79 Å². The molecule has 0 radical (unpaired) electrons.